The largest absolute Gasteiger partial charge is 0.496 e. The quantitative estimate of drug-likeness (QED) is 0.00505. The number of carboxylic acids is 5. The van der Waals surface area contributed by atoms with Crippen molar-refractivity contribution in [2.75, 3.05) is 94.6 Å². The zero-order valence-electron chi connectivity index (χ0n) is 75.0. The molecule has 0 radical (unpaired) electrons. The van der Waals surface area contributed by atoms with Crippen LogP contribution in [0.1, 0.15) is 155 Å². The summed E-state index contributed by atoms with van der Waals surface area (Å²) >= 11 is 0. The highest BCUT2D eigenvalue weighted by Crippen LogP contribution is 2.68. The van der Waals surface area contributed by atoms with E-state index in [1.54, 1.807) is 11.9 Å². The van der Waals surface area contributed by atoms with Gasteiger partial charge in [0.15, 0.2) is 34.3 Å². The van der Waals surface area contributed by atoms with E-state index in [0.29, 0.717) is 98.8 Å². The Balaban J connectivity index is 0.656. The number of anilines is 3. The van der Waals surface area contributed by atoms with Gasteiger partial charge in [0.1, 0.15) is 35.7 Å². The number of carboxylic acid groups (broad SMARTS) is 5. The Morgan fingerprint density at radius 1 is 0.756 bits per heavy atom. The lowest BCUT2D eigenvalue weighted by atomic mass is 9.47. The molecule has 16 atom stereocenters. The van der Waals surface area contributed by atoms with Crippen LogP contribution in [-0.4, -0.2) is 286 Å². The summed E-state index contributed by atoms with van der Waals surface area (Å²) in [6, 6.07) is 10.4. The summed E-state index contributed by atoms with van der Waals surface area (Å²) in [5.41, 5.74) is 13.7. The van der Waals surface area contributed by atoms with Crippen molar-refractivity contribution in [3.8, 4) is 5.75 Å². The van der Waals surface area contributed by atoms with Crippen LogP contribution in [0.2, 0.25) is 0 Å². The first-order valence-electron chi connectivity index (χ1n) is 44.3. The second-order valence-electron chi connectivity index (χ2n) is 35.4. The number of hydrazine groups is 1. The fourth-order valence-corrected chi connectivity index (χ4v) is 23.1. The van der Waals surface area contributed by atoms with Gasteiger partial charge in [-0.1, -0.05) is 71.9 Å². The lowest BCUT2D eigenvalue weighted by molar-refractivity contribution is -0.204. The summed E-state index contributed by atoms with van der Waals surface area (Å²) in [6.45, 7) is 6.04. The summed E-state index contributed by atoms with van der Waals surface area (Å²) in [5.74, 6) is -22.6. The first kappa shape index (κ1) is 101. The Bertz CT molecular complexity index is 5590. The number of benzene rings is 3. The van der Waals surface area contributed by atoms with E-state index in [-0.39, 0.29) is 78.9 Å². The summed E-state index contributed by atoms with van der Waals surface area (Å²) in [5, 5.41) is 109. The van der Waals surface area contributed by atoms with E-state index in [9.17, 15) is 103 Å². The maximum Gasteiger partial charge on any atom is 0.426 e. The molecule has 3 fully saturated rings. The molecule has 5 aliphatic heterocycles. The Labute approximate surface area is 781 Å². The van der Waals surface area contributed by atoms with E-state index in [1.807, 2.05) is 50.3 Å². The molecule has 2 aromatic heterocycles. The van der Waals surface area contributed by atoms with Gasteiger partial charge in [0.2, 0.25) is 17.8 Å². The highest BCUT2D eigenvalue weighted by atomic mass is 33.1. The van der Waals surface area contributed by atoms with Crippen molar-refractivity contribution in [1.29, 1.82) is 5.41 Å². The van der Waals surface area contributed by atoms with Crippen LogP contribution in [0, 0.1) is 34.5 Å². The number of ether oxygens (including phenoxy) is 3. The van der Waals surface area contributed by atoms with Crippen molar-refractivity contribution >= 4 is 144 Å². The molecule has 5 aromatic rings. The number of H-pyrrole nitrogens is 1. The number of hydrogen-bond donors (Lipinski definition) is 19. The number of aromatic nitrogens is 4. The molecule has 2 aliphatic carbocycles. The zero-order valence-corrected chi connectivity index (χ0v) is 76.6. The number of amides is 5. The molecule has 7 aliphatic rings. The van der Waals surface area contributed by atoms with Crippen molar-refractivity contribution in [3.05, 3.63) is 128 Å². The van der Waals surface area contributed by atoms with Crippen LogP contribution in [0.3, 0.4) is 0 Å². The van der Waals surface area contributed by atoms with Gasteiger partial charge in [-0.2, -0.15) is 4.98 Å². The fraction of sp³-hybridized carbons (Fsp3) is 0.522. The second kappa shape index (κ2) is 42.9. The van der Waals surface area contributed by atoms with E-state index >= 15 is 9.59 Å². The number of Topliss-reactive ketones (excluding diaryl/α,β-unsaturated/α-hetero) is 3. The molecule has 3 aromatic carbocycles. The molecule has 2 saturated heterocycles. The first-order valence-corrected chi connectivity index (χ1v) is 46.8. The average molecular weight is 1910 g/mol. The van der Waals surface area contributed by atoms with E-state index in [2.05, 4.69) is 79.3 Å². The molecule has 1 saturated carbocycles. The van der Waals surface area contributed by atoms with Gasteiger partial charge in [-0.05, 0) is 135 Å². The summed E-state index contributed by atoms with van der Waals surface area (Å²) in [4.78, 5) is 223. The topological polar surface area (TPSA) is 670 Å². The van der Waals surface area contributed by atoms with E-state index in [1.165, 1.54) is 44.7 Å². The van der Waals surface area contributed by atoms with E-state index in [0.717, 1.165) is 43.9 Å². The number of hydrogen-bond acceptors (Lipinski definition) is 32. The number of aromatic amines is 1. The summed E-state index contributed by atoms with van der Waals surface area (Å²) in [6.07, 6.45) is -3.02. The van der Waals surface area contributed by atoms with Gasteiger partial charge in [-0.3, -0.25) is 87.9 Å². The number of methoxy groups -OCH3 is 2. The van der Waals surface area contributed by atoms with E-state index in [4.69, 9.17) is 31.1 Å². The molecular formula is C90H113N17O26S2. The molecule has 21 N–H and O–H groups in total. The van der Waals surface area contributed by atoms with Crippen molar-refractivity contribution in [2.24, 2.45) is 34.8 Å². The van der Waals surface area contributed by atoms with Crippen molar-refractivity contribution in [2.45, 2.75) is 188 Å². The number of carbonyl (C=O) groups is 14. The van der Waals surface area contributed by atoms with Crippen LogP contribution >= 0.6 is 21.6 Å². The lowest BCUT2D eigenvalue weighted by Crippen LogP contribution is -2.82. The van der Waals surface area contributed by atoms with Crippen LogP contribution in [0.5, 0.6) is 5.75 Å². The number of nitrogens with zero attached hydrogens (tertiary/aromatic N) is 6. The summed E-state index contributed by atoms with van der Waals surface area (Å²) < 4.78 is 17.9. The molecule has 726 valence electrons. The predicted octanol–water partition coefficient (Wildman–Crippen LogP) is 2.07. The van der Waals surface area contributed by atoms with Crippen LogP contribution in [0.15, 0.2) is 89.4 Å². The molecule has 2 bridgehead atoms. The maximum atomic E-state index is 15.7. The maximum absolute atomic E-state index is 15.7. The average Bonchev–Trinajstić information content (AvgIpc) is 1.48. The zero-order chi connectivity index (χ0) is 97.9. The van der Waals surface area contributed by atoms with Gasteiger partial charge in [0.05, 0.1) is 93.4 Å². The van der Waals surface area contributed by atoms with Gasteiger partial charge in [0.25, 0.3) is 17.4 Å². The summed E-state index contributed by atoms with van der Waals surface area (Å²) in [7, 11) is 6.45. The Morgan fingerprint density at radius 2 is 1.44 bits per heavy atom. The number of aliphatic hydroxyl groups excluding tert-OH is 1. The number of fused-ring (bicyclic) bond motifs is 6. The predicted molar refractivity (Wildman–Crippen MR) is 488 cm³/mol. The van der Waals surface area contributed by atoms with Crippen LogP contribution in [0.25, 0.3) is 16.7 Å². The van der Waals surface area contributed by atoms with Crippen LogP contribution < -0.4 is 64.1 Å². The number of esters is 1. The van der Waals surface area contributed by atoms with Crippen LogP contribution in [-0.2, 0) is 90.8 Å². The molecular weight excluding hydrogens is 1800 g/mol. The van der Waals surface area contributed by atoms with Crippen LogP contribution in [0.4, 0.5) is 22.1 Å². The van der Waals surface area contributed by atoms with Crippen molar-refractivity contribution < 1.29 is 122 Å². The van der Waals surface area contributed by atoms with Gasteiger partial charge < -0.3 is 98.0 Å². The number of rotatable bonds is 44. The molecule has 12 rings (SSSR count). The normalized spacial score (nSPS) is 24.1. The number of guanidine groups is 1. The van der Waals surface area contributed by atoms with Crippen molar-refractivity contribution in [3.63, 3.8) is 0 Å². The number of likely N-dealkylation sites (N-methyl/N-ethyl adjacent to an activating group) is 1. The number of carbonyl (C=O) groups excluding carboxylic acids is 9. The first-order chi connectivity index (χ1) is 64.2. The number of nitrogens with two attached hydrogens (primary N) is 2. The van der Waals surface area contributed by atoms with E-state index < -0.39 is 234 Å². The Kier molecular flexibility index (Phi) is 32.2. The molecule has 1 spiro atoms. The minimum Gasteiger partial charge on any atom is -0.496 e. The fourth-order valence-electron chi connectivity index (χ4n) is 20.9. The molecule has 43 nitrogen and oxygen atoms in total. The number of ketones is 3. The number of nitrogens with one attached hydrogen (secondary N) is 9. The van der Waals surface area contributed by atoms with Gasteiger partial charge in [0, 0.05) is 122 Å². The monoisotopic (exact) mass is 1910 g/mol. The third-order valence-electron chi connectivity index (χ3n) is 27.1. The molecule has 5 amide bonds. The number of aliphatic hydroxyl groups is 3. The Hall–Kier alpha value is -12.7. The van der Waals surface area contributed by atoms with Gasteiger partial charge in [-0.25, -0.2) is 25.0 Å². The Morgan fingerprint density at radius 3 is 2.11 bits per heavy atom. The molecule has 135 heavy (non-hydrogen) atoms. The molecule has 45 heteroatoms. The number of aliphatic carboxylic acids is 5. The molecule has 1 unspecified atom stereocenters. The minimum atomic E-state index is -2.73. The highest BCUT2D eigenvalue weighted by molar-refractivity contribution is 8.76. The highest BCUT2D eigenvalue weighted by Gasteiger charge is 2.79. The standard InChI is InChI=1S/C90H113N17O26S2/c1-6-86(129)39-46-40-89(82(127)132-5,57-31-48-12-8-9-13-55(48)56(57)21-26-106(43-46)45-86)59-36-58-63(38-66(59)131-4)105(3)79-88(58)23-27-107-25-11-22-87(7-2,78(88)107)80(125)90(79,130)81(126)103-104-85(128)133-28-29-134-135-44-51(76(121)122)33-65(110)62(37-69(115)116)100-74(119)50(35-68(113)114)32-64(109)60(14-10-24-94-83(91)92)98-73(118)49(34-67(111)112)30-54(108)19-20-61(77(123)124)99-72(117)47-15-17-52(18-16-47)95-41-53-42-96-71-70(97-53)75(120)102-84(93)101-71/h8-9,11-13,15-18,22,36,38,42,46,49-51,60-62,78-80,95,125,129-130H,6-7,10,14,19-21,23-35,37,39-41,43-45H2,1-5H3,(H,98,118)(H,99,117)(H,100,119)(H,103,126)(H,104,128)(H,111,112)(H,113,114)(H,115,116)(H,121,122)(H,123,124)(H4,91,92,94)(H3,93,96,101,102,120)/t46-,49+,50+,51+,60+,61+,62+,78+,79-,80-,86+,87-,88-,89-,90+/m1/s1. The lowest BCUT2D eigenvalue weighted by Gasteiger charge is -2.63. The van der Waals surface area contributed by atoms with Gasteiger partial charge in [-0.15, -0.1) is 0 Å². The second-order valence-corrected chi connectivity index (χ2v) is 38.1. The van der Waals surface area contributed by atoms with Crippen molar-refractivity contribution in [1.82, 2.24) is 61.9 Å². The SMILES string of the molecule is CC[C@]1(O)C[C@H]2CN(CCC3=C(Cc4ccccc43)[C@@](C(=O)OC)(c3cc4c(cc3OC)N(C)[C@H]3[C@@](O)(C(=O)NNC(=O)OCCSSC[C@H](CC(=O)[C@H](CC(=O)O)NC(=O)[C@H](CC(=O)O)CC(=O)[C@H](CCCNC(=N)N)NC(=O)[C@H](CC(=O)O)CC(=O)CC[C@H](NC(=O)c5ccc(NCc6cnc7nc(N)[nH]c(=O)c7n6)cc5)C(=O)O)C(=O)O)[C@H](O)[C@]5(CC)C=CCN6CC[C@]43[C@@H]65)C2)C1. The third kappa shape index (κ3) is 21.8. The van der Waals surface area contributed by atoms with Gasteiger partial charge >= 0.3 is 41.9 Å². The molecule has 7 heterocycles. The smallest absolute Gasteiger partial charge is 0.426 e. The number of piperidine rings is 1. The number of nitrogen functional groups attached to an aromatic ring is 1. The third-order valence-corrected chi connectivity index (χ3v) is 29.5. The minimum absolute atomic E-state index is 0.00893.